The van der Waals surface area contributed by atoms with Crippen molar-refractivity contribution in [2.24, 2.45) is 0 Å². The van der Waals surface area contributed by atoms with Crippen molar-refractivity contribution in [1.82, 2.24) is 5.32 Å². The monoisotopic (exact) mass is 247 g/mol. The first-order valence-corrected chi connectivity index (χ1v) is 5.94. The lowest BCUT2D eigenvalue weighted by molar-refractivity contribution is -0.135. The molecule has 1 N–H and O–H groups in total. The molecule has 0 atom stereocenters. The molecule has 0 aliphatic rings. The Labute approximate surface area is 106 Å². The van der Waals surface area contributed by atoms with Gasteiger partial charge < -0.3 is 5.32 Å². The van der Waals surface area contributed by atoms with E-state index in [9.17, 15) is 14.4 Å². The lowest BCUT2D eigenvalue weighted by Gasteiger charge is -2.04. The maximum atomic E-state index is 11.5. The zero-order valence-corrected chi connectivity index (χ0v) is 10.4. The van der Waals surface area contributed by atoms with E-state index in [4.69, 9.17) is 0 Å². The number of benzene rings is 1. The number of rotatable bonds is 7. The van der Waals surface area contributed by atoms with Crippen LogP contribution in [0.25, 0.3) is 0 Å². The quantitative estimate of drug-likeness (QED) is 0.583. The minimum atomic E-state index is -0.425. The molecule has 4 nitrogen and oxygen atoms in total. The number of hydrogen-bond acceptors (Lipinski definition) is 3. The van der Waals surface area contributed by atoms with Crippen LogP contribution in [0.1, 0.15) is 25.3 Å². The summed E-state index contributed by atoms with van der Waals surface area (Å²) in [6.45, 7) is 1.68. The van der Waals surface area contributed by atoms with Gasteiger partial charge in [0.2, 0.25) is 5.91 Å². The standard InChI is InChI=1S/C14H17NO3/c1-11(16)13(17)8-5-9-15-14(18)10-12-6-3-2-4-7-12/h2-4,6-7H,5,8-10H2,1H3,(H,15,18). The highest BCUT2D eigenvalue weighted by atomic mass is 16.2. The molecule has 0 radical (unpaired) electrons. The number of nitrogens with one attached hydrogen (secondary N) is 1. The maximum Gasteiger partial charge on any atom is 0.224 e. The van der Waals surface area contributed by atoms with Gasteiger partial charge in [-0.1, -0.05) is 30.3 Å². The largest absolute Gasteiger partial charge is 0.356 e. The Bertz CT molecular complexity index is 426. The van der Waals surface area contributed by atoms with E-state index in [-0.39, 0.29) is 18.1 Å². The third kappa shape index (κ3) is 5.39. The average Bonchev–Trinajstić information content (AvgIpc) is 2.35. The molecule has 0 saturated carbocycles. The molecule has 0 fully saturated rings. The topological polar surface area (TPSA) is 63.2 Å². The summed E-state index contributed by atoms with van der Waals surface area (Å²) >= 11 is 0. The third-order valence-corrected chi connectivity index (χ3v) is 2.50. The third-order valence-electron chi connectivity index (χ3n) is 2.50. The van der Waals surface area contributed by atoms with Crippen LogP contribution >= 0.6 is 0 Å². The number of hydrogen-bond donors (Lipinski definition) is 1. The fourth-order valence-electron chi connectivity index (χ4n) is 1.50. The van der Waals surface area contributed by atoms with Crippen molar-refractivity contribution in [3.8, 4) is 0 Å². The van der Waals surface area contributed by atoms with E-state index in [0.717, 1.165) is 5.56 Å². The highest BCUT2D eigenvalue weighted by Gasteiger charge is 2.07. The predicted octanol–water partition coefficient (Wildman–Crippen LogP) is 1.28. The zero-order chi connectivity index (χ0) is 13.4. The summed E-state index contributed by atoms with van der Waals surface area (Å²) < 4.78 is 0. The molecule has 0 saturated heterocycles. The molecule has 0 aliphatic carbocycles. The first kappa shape index (κ1) is 14.1. The Hall–Kier alpha value is -1.97. The van der Waals surface area contributed by atoms with Crippen LogP contribution in [0.2, 0.25) is 0 Å². The molecular formula is C14H17NO3. The minimum absolute atomic E-state index is 0.0727. The van der Waals surface area contributed by atoms with Crippen molar-refractivity contribution in [2.45, 2.75) is 26.2 Å². The second kappa shape index (κ2) is 7.37. The van der Waals surface area contributed by atoms with Crippen LogP contribution in [0.5, 0.6) is 0 Å². The van der Waals surface area contributed by atoms with E-state index in [2.05, 4.69) is 5.32 Å². The molecule has 0 bridgehead atoms. The Balaban J connectivity index is 2.18. The highest BCUT2D eigenvalue weighted by molar-refractivity contribution is 6.36. The molecule has 1 amide bonds. The summed E-state index contributed by atoms with van der Waals surface area (Å²) in [6.07, 6.45) is 1.03. The van der Waals surface area contributed by atoms with Gasteiger partial charge in [0.1, 0.15) is 0 Å². The molecular weight excluding hydrogens is 230 g/mol. The maximum absolute atomic E-state index is 11.5. The van der Waals surface area contributed by atoms with Crippen LogP contribution in [0.3, 0.4) is 0 Å². The number of Topliss-reactive ketones (excluding diaryl/α,β-unsaturated/α-hetero) is 2. The van der Waals surface area contributed by atoms with Crippen LogP contribution in [0, 0.1) is 0 Å². The summed E-state index contributed by atoms with van der Waals surface area (Å²) in [7, 11) is 0. The van der Waals surface area contributed by atoms with E-state index < -0.39 is 5.78 Å². The molecule has 4 heteroatoms. The van der Waals surface area contributed by atoms with Gasteiger partial charge in [0.25, 0.3) is 0 Å². The number of ketones is 2. The van der Waals surface area contributed by atoms with Crippen molar-refractivity contribution in [3.63, 3.8) is 0 Å². The van der Waals surface area contributed by atoms with Gasteiger partial charge >= 0.3 is 0 Å². The van der Waals surface area contributed by atoms with Gasteiger partial charge in [-0.2, -0.15) is 0 Å². The lowest BCUT2D eigenvalue weighted by atomic mass is 10.1. The molecule has 1 aromatic rings. The fraction of sp³-hybridized carbons (Fsp3) is 0.357. The molecule has 96 valence electrons. The molecule has 0 spiro atoms. The van der Waals surface area contributed by atoms with Crippen molar-refractivity contribution in [2.75, 3.05) is 6.54 Å². The molecule has 18 heavy (non-hydrogen) atoms. The van der Waals surface area contributed by atoms with Gasteiger partial charge in [-0.3, -0.25) is 14.4 Å². The van der Waals surface area contributed by atoms with Crippen LogP contribution in [0.4, 0.5) is 0 Å². The zero-order valence-electron chi connectivity index (χ0n) is 10.4. The lowest BCUT2D eigenvalue weighted by Crippen LogP contribution is -2.26. The first-order chi connectivity index (χ1) is 8.59. The Morgan fingerprint density at radius 2 is 1.78 bits per heavy atom. The Morgan fingerprint density at radius 1 is 1.11 bits per heavy atom. The number of carbonyl (C=O) groups is 3. The van der Waals surface area contributed by atoms with Gasteiger partial charge in [0.05, 0.1) is 6.42 Å². The molecule has 0 aliphatic heterocycles. The SMILES string of the molecule is CC(=O)C(=O)CCCNC(=O)Cc1ccccc1. The number of carbonyl (C=O) groups excluding carboxylic acids is 3. The van der Waals surface area contributed by atoms with Gasteiger partial charge in [-0.25, -0.2) is 0 Å². The van der Waals surface area contributed by atoms with Crippen LogP contribution in [-0.2, 0) is 20.8 Å². The summed E-state index contributed by atoms with van der Waals surface area (Å²) in [5.41, 5.74) is 0.954. The van der Waals surface area contributed by atoms with Crippen LogP contribution < -0.4 is 5.32 Å². The average molecular weight is 247 g/mol. The predicted molar refractivity (Wildman–Crippen MR) is 68.1 cm³/mol. The molecule has 0 unspecified atom stereocenters. The minimum Gasteiger partial charge on any atom is -0.356 e. The van der Waals surface area contributed by atoms with E-state index >= 15 is 0 Å². The summed E-state index contributed by atoms with van der Waals surface area (Å²) in [5.74, 6) is -0.880. The summed E-state index contributed by atoms with van der Waals surface area (Å²) in [6, 6.07) is 9.44. The van der Waals surface area contributed by atoms with Gasteiger partial charge in [0.15, 0.2) is 11.6 Å². The van der Waals surface area contributed by atoms with Crippen LogP contribution in [0.15, 0.2) is 30.3 Å². The smallest absolute Gasteiger partial charge is 0.224 e. The van der Waals surface area contributed by atoms with Gasteiger partial charge in [-0.15, -0.1) is 0 Å². The Kier molecular flexibility index (Phi) is 5.77. The van der Waals surface area contributed by atoms with E-state index in [1.165, 1.54) is 6.92 Å². The Morgan fingerprint density at radius 3 is 2.39 bits per heavy atom. The van der Waals surface area contributed by atoms with Gasteiger partial charge in [0, 0.05) is 19.9 Å². The van der Waals surface area contributed by atoms with E-state index in [1.54, 1.807) is 0 Å². The van der Waals surface area contributed by atoms with Crippen molar-refractivity contribution in [1.29, 1.82) is 0 Å². The normalized spacial score (nSPS) is 9.83. The fourth-order valence-corrected chi connectivity index (χ4v) is 1.50. The van der Waals surface area contributed by atoms with Crippen molar-refractivity contribution >= 4 is 17.5 Å². The van der Waals surface area contributed by atoms with Gasteiger partial charge in [-0.05, 0) is 12.0 Å². The molecule has 0 heterocycles. The van der Waals surface area contributed by atoms with Crippen LogP contribution in [-0.4, -0.2) is 24.0 Å². The summed E-state index contributed by atoms with van der Waals surface area (Å²) in [5, 5.41) is 2.72. The second-order valence-electron chi connectivity index (χ2n) is 4.10. The van der Waals surface area contributed by atoms with E-state index in [0.29, 0.717) is 19.4 Å². The molecule has 0 aromatic heterocycles. The number of amides is 1. The van der Waals surface area contributed by atoms with E-state index in [1.807, 2.05) is 30.3 Å². The van der Waals surface area contributed by atoms with Crippen molar-refractivity contribution < 1.29 is 14.4 Å². The molecule has 1 aromatic carbocycles. The second-order valence-corrected chi connectivity index (χ2v) is 4.10. The summed E-state index contributed by atoms with van der Waals surface area (Å²) in [4.78, 5) is 33.2. The highest BCUT2D eigenvalue weighted by Crippen LogP contribution is 1.99. The first-order valence-electron chi connectivity index (χ1n) is 5.94. The van der Waals surface area contributed by atoms with Crippen molar-refractivity contribution in [3.05, 3.63) is 35.9 Å². The molecule has 1 rings (SSSR count).